The van der Waals surface area contributed by atoms with E-state index in [0.717, 1.165) is 36.4 Å². The molecule has 0 amide bonds. The summed E-state index contributed by atoms with van der Waals surface area (Å²) in [6, 6.07) is 4.16. The van der Waals surface area contributed by atoms with Gasteiger partial charge in [-0.05, 0) is 45.4 Å². The highest BCUT2D eigenvalue weighted by Crippen LogP contribution is 2.17. The maximum absolute atomic E-state index is 12.5. The Morgan fingerprint density at radius 3 is 2.25 bits per heavy atom. The first-order valence-corrected chi connectivity index (χ1v) is 7.40. The molecule has 1 aromatic rings. The number of hydrogen-bond acceptors (Lipinski definition) is 3. The van der Waals surface area contributed by atoms with Crippen LogP contribution in [-0.2, 0) is 4.74 Å². The Balaban J connectivity index is 2.74. The van der Waals surface area contributed by atoms with E-state index < -0.39 is 0 Å². The molecule has 20 heavy (non-hydrogen) atoms. The molecule has 0 aliphatic carbocycles. The standard InChI is InChI=1S/C17H27NO2/c1-6-18(8-9-20-7-2)12-16(19)17-14(4)10-13(3)11-15(17)5/h10-11H,6-9,12H2,1-5H3. The molecule has 0 spiro atoms. The quantitative estimate of drug-likeness (QED) is 0.540. The molecule has 0 aliphatic rings. The van der Waals surface area contributed by atoms with Crippen LogP contribution in [-0.4, -0.2) is 43.5 Å². The van der Waals surface area contributed by atoms with E-state index >= 15 is 0 Å². The van der Waals surface area contributed by atoms with Crippen molar-refractivity contribution >= 4 is 5.78 Å². The van der Waals surface area contributed by atoms with Crippen LogP contribution in [0.1, 0.15) is 40.9 Å². The molecule has 0 unspecified atom stereocenters. The van der Waals surface area contributed by atoms with Gasteiger partial charge >= 0.3 is 0 Å². The summed E-state index contributed by atoms with van der Waals surface area (Å²) in [6.45, 7) is 13.7. The average Bonchev–Trinajstić information content (AvgIpc) is 2.36. The predicted octanol–water partition coefficient (Wildman–Crippen LogP) is 3.15. The molecule has 0 atom stereocenters. The van der Waals surface area contributed by atoms with Crippen molar-refractivity contribution in [3.05, 3.63) is 34.4 Å². The summed E-state index contributed by atoms with van der Waals surface area (Å²) in [6.07, 6.45) is 0. The summed E-state index contributed by atoms with van der Waals surface area (Å²) in [5.74, 6) is 0.207. The zero-order valence-electron chi connectivity index (χ0n) is 13.5. The lowest BCUT2D eigenvalue weighted by molar-refractivity contribution is 0.0866. The number of ketones is 1. The Labute approximate surface area is 122 Å². The lowest BCUT2D eigenvalue weighted by Gasteiger charge is -2.20. The molecule has 0 aliphatic heterocycles. The van der Waals surface area contributed by atoms with Crippen LogP contribution in [0.15, 0.2) is 12.1 Å². The molecule has 0 saturated carbocycles. The fraction of sp³-hybridized carbons (Fsp3) is 0.588. The zero-order valence-corrected chi connectivity index (χ0v) is 13.5. The lowest BCUT2D eigenvalue weighted by atomic mass is 9.96. The average molecular weight is 277 g/mol. The second-order valence-electron chi connectivity index (χ2n) is 5.26. The van der Waals surface area contributed by atoms with Gasteiger partial charge in [0.05, 0.1) is 13.2 Å². The summed E-state index contributed by atoms with van der Waals surface area (Å²) < 4.78 is 5.36. The Kier molecular flexibility index (Phi) is 6.89. The van der Waals surface area contributed by atoms with Crippen molar-refractivity contribution < 1.29 is 9.53 Å². The van der Waals surface area contributed by atoms with Crippen molar-refractivity contribution in [3.8, 4) is 0 Å². The van der Waals surface area contributed by atoms with Gasteiger partial charge in [-0.1, -0.05) is 24.6 Å². The number of hydrogen-bond donors (Lipinski definition) is 0. The van der Waals surface area contributed by atoms with Crippen LogP contribution in [0.5, 0.6) is 0 Å². The van der Waals surface area contributed by atoms with Crippen LogP contribution < -0.4 is 0 Å². The minimum Gasteiger partial charge on any atom is -0.380 e. The first-order valence-electron chi connectivity index (χ1n) is 7.40. The minimum absolute atomic E-state index is 0.207. The third-order valence-corrected chi connectivity index (χ3v) is 3.53. The number of Topliss-reactive ketones (excluding diaryl/α,β-unsaturated/α-hetero) is 1. The number of rotatable bonds is 8. The Morgan fingerprint density at radius 2 is 1.75 bits per heavy atom. The van der Waals surface area contributed by atoms with Gasteiger partial charge < -0.3 is 4.74 Å². The second-order valence-corrected chi connectivity index (χ2v) is 5.26. The molecule has 112 valence electrons. The molecular weight excluding hydrogens is 250 g/mol. The number of nitrogens with zero attached hydrogens (tertiary/aromatic N) is 1. The number of carbonyl (C=O) groups is 1. The normalized spacial score (nSPS) is 11.1. The van der Waals surface area contributed by atoms with E-state index in [0.29, 0.717) is 13.2 Å². The van der Waals surface area contributed by atoms with Gasteiger partial charge in [0.25, 0.3) is 0 Å². The first kappa shape index (κ1) is 16.9. The van der Waals surface area contributed by atoms with Gasteiger partial charge in [0, 0.05) is 18.7 Å². The van der Waals surface area contributed by atoms with Crippen LogP contribution in [0.25, 0.3) is 0 Å². The van der Waals surface area contributed by atoms with Gasteiger partial charge in [-0.3, -0.25) is 9.69 Å². The van der Waals surface area contributed by atoms with E-state index in [1.807, 2.05) is 20.8 Å². The Morgan fingerprint density at radius 1 is 1.15 bits per heavy atom. The third-order valence-electron chi connectivity index (χ3n) is 3.53. The van der Waals surface area contributed by atoms with Crippen molar-refractivity contribution in [2.24, 2.45) is 0 Å². The van der Waals surface area contributed by atoms with Crippen LogP contribution in [0.2, 0.25) is 0 Å². The van der Waals surface area contributed by atoms with E-state index in [4.69, 9.17) is 4.74 Å². The van der Waals surface area contributed by atoms with Crippen molar-refractivity contribution in [2.45, 2.75) is 34.6 Å². The fourth-order valence-electron chi connectivity index (χ4n) is 2.59. The smallest absolute Gasteiger partial charge is 0.177 e. The molecule has 1 aromatic carbocycles. The highest BCUT2D eigenvalue weighted by molar-refractivity contribution is 6.00. The van der Waals surface area contributed by atoms with Gasteiger partial charge in [-0.25, -0.2) is 0 Å². The summed E-state index contributed by atoms with van der Waals surface area (Å²) in [4.78, 5) is 14.7. The molecule has 3 heteroatoms. The van der Waals surface area contributed by atoms with Crippen LogP contribution >= 0.6 is 0 Å². The van der Waals surface area contributed by atoms with Crippen LogP contribution in [0.3, 0.4) is 0 Å². The number of carbonyl (C=O) groups excluding carboxylic acids is 1. The van der Waals surface area contributed by atoms with Gasteiger partial charge in [0.1, 0.15) is 0 Å². The van der Waals surface area contributed by atoms with E-state index in [1.165, 1.54) is 5.56 Å². The summed E-state index contributed by atoms with van der Waals surface area (Å²) in [5.41, 5.74) is 4.24. The summed E-state index contributed by atoms with van der Waals surface area (Å²) >= 11 is 0. The molecule has 0 saturated heterocycles. The first-order chi connectivity index (χ1) is 9.49. The molecule has 1 rings (SSSR count). The molecular formula is C17H27NO2. The summed E-state index contributed by atoms with van der Waals surface area (Å²) in [5, 5.41) is 0. The molecule has 0 N–H and O–H groups in total. The highest BCUT2D eigenvalue weighted by atomic mass is 16.5. The van der Waals surface area contributed by atoms with Crippen molar-refractivity contribution in [1.82, 2.24) is 4.90 Å². The summed E-state index contributed by atoms with van der Waals surface area (Å²) in [7, 11) is 0. The van der Waals surface area contributed by atoms with E-state index in [2.05, 4.69) is 30.9 Å². The SMILES string of the molecule is CCOCCN(CC)CC(=O)c1c(C)cc(C)cc1C. The van der Waals surface area contributed by atoms with E-state index in [9.17, 15) is 4.79 Å². The van der Waals surface area contributed by atoms with Gasteiger partial charge in [0.15, 0.2) is 5.78 Å². The lowest BCUT2D eigenvalue weighted by Crippen LogP contribution is -2.33. The third kappa shape index (κ3) is 4.73. The number of likely N-dealkylation sites (N-methyl/N-ethyl adjacent to an activating group) is 1. The number of benzene rings is 1. The molecule has 0 radical (unpaired) electrons. The number of ether oxygens (including phenoxy) is 1. The van der Waals surface area contributed by atoms with E-state index in [1.54, 1.807) is 0 Å². The monoisotopic (exact) mass is 277 g/mol. The maximum atomic E-state index is 12.5. The Hall–Kier alpha value is -1.19. The Bertz CT molecular complexity index is 431. The number of aryl methyl sites for hydroxylation is 3. The fourth-order valence-corrected chi connectivity index (χ4v) is 2.59. The highest BCUT2D eigenvalue weighted by Gasteiger charge is 2.15. The van der Waals surface area contributed by atoms with Gasteiger partial charge in [-0.2, -0.15) is 0 Å². The van der Waals surface area contributed by atoms with Crippen LogP contribution in [0, 0.1) is 20.8 Å². The second kappa shape index (κ2) is 8.18. The van der Waals surface area contributed by atoms with Crippen molar-refractivity contribution in [1.29, 1.82) is 0 Å². The van der Waals surface area contributed by atoms with Gasteiger partial charge in [-0.15, -0.1) is 0 Å². The molecule has 0 fully saturated rings. The topological polar surface area (TPSA) is 29.5 Å². The molecule has 0 bridgehead atoms. The van der Waals surface area contributed by atoms with Crippen LogP contribution in [0.4, 0.5) is 0 Å². The predicted molar refractivity (Wildman–Crippen MR) is 83.6 cm³/mol. The molecule has 0 heterocycles. The largest absolute Gasteiger partial charge is 0.380 e. The van der Waals surface area contributed by atoms with Crippen molar-refractivity contribution in [3.63, 3.8) is 0 Å². The van der Waals surface area contributed by atoms with Crippen molar-refractivity contribution in [2.75, 3.05) is 32.8 Å². The maximum Gasteiger partial charge on any atom is 0.177 e. The van der Waals surface area contributed by atoms with E-state index in [-0.39, 0.29) is 5.78 Å². The van der Waals surface area contributed by atoms with Gasteiger partial charge in [0.2, 0.25) is 0 Å². The minimum atomic E-state index is 0.207. The molecule has 0 aromatic heterocycles. The zero-order chi connectivity index (χ0) is 15.1. The molecule has 3 nitrogen and oxygen atoms in total.